The molecule has 2 N–H and O–H groups in total. The van der Waals surface area contributed by atoms with E-state index in [1.54, 1.807) is 19.2 Å². The number of hydrogen-bond acceptors (Lipinski definition) is 3. The zero-order chi connectivity index (χ0) is 17.6. The van der Waals surface area contributed by atoms with Gasteiger partial charge in [0.1, 0.15) is 23.3 Å². The van der Waals surface area contributed by atoms with Gasteiger partial charge in [0.05, 0.1) is 6.54 Å². The van der Waals surface area contributed by atoms with Crippen molar-refractivity contribution in [1.82, 2.24) is 10.6 Å². The first-order valence-electron chi connectivity index (χ1n) is 7.93. The molecule has 0 aliphatic heterocycles. The van der Waals surface area contributed by atoms with Gasteiger partial charge >= 0.3 is 6.03 Å². The second-order valence-corrected chi connectivity index (χ2v) is 5.60. The number of fused-ring (bicyclic) bond motifs is 1. The number of amides is 2. The van der Waals surface area contributed by atoms with E-state index in [4.69, 9.17) is 9.15 Å². The van der Waals surface area contributed by atoms with Gasteiger partial charge in [-0.05, 0) is 29.8 Å². The van der Waals surface area contributed by atoms with E-state index in [9.17, 15) is 9.18 Å². The fourth-order valence-corrected chi connectivity index (χ4v) is 2.49. The number of rotatable bonds is 6. The van der Waals surface area contributed by atoms with Crippen LogP contribution in [0.25, 0.3) is 11.0 Å². The second kappa shape index (κ2) is 7.81. The summed E-state index contributed by atoms with van der Waals surface area (Å²) in [4.78, 5) is 11.9. The van der Waals surface area contributed by atoms with Crippen molar-refractivity contribution in [1.29, 1.82) is 0 Å². The average Bonchev–Trinajstić information content (AvgIpc) is 3.05. The maximum absolute atomic E-state index is 12.8. The first-order valence-corrected chi connectivity index (χ1v) is 7.93. The van der Waals surface area contributed by atoms with Crippen molar-refractivity contribution >= 4 is 17.0 Å². The number of ether oxygens (including phenoxy) is 1. The fourth-order valence-electron chi connectivity index (χ4n) is 2.49. The van der Waals surface area contributed by atoms with E-state index >= 15 is 0 Å². The Labute approximate surface area is 144 Å². The van der Waals surface area contributed by atoms with Crippen molar-refractivity contribution in [3.8, 4) is 0 Å². The third-order valence-electron chi connectivity index (χ3n) is 3.86. The minimum absolute atomic E-state index is 0.269. The predicted octanol–water partition coefficient (Wildman–Crippen LogP) is 3.76. The molecule has 2 amide bonds. The van der Waals surface area contributed by atoms with E-state index in [2.05, 4.69) is 10.6 Å². The zero-order valence-electron chi connectivity index (χ0n) is 13.8. The summed E-state index contributed by atoms with van der Waals surface area (Å²) in [5.74, 6) is 0.351. The van der Waals surface area contributed by atoms with Crippen molar-refractivity contribution in [3.05, 3.63) is 71.7 Å². The predicted molar refractivity (Wildman–Crippen MR) is 92.6 cm³/mol. The zero-order valence-corrected chi connectivity index (χ0v) is 13.8. The third kappa shape index (κ3) is 4.36. The normalized spacial score (nSPS) is 12.1. The quantitative estimate of drug-likeness (QED) is 0.717. The van der Waals surface area contributed by atoms with E-state index in [-0.39, 0.29) is 24.5 Å². The van der Waals surface area contributed by atoms with Crippen LogP contribution in [0, 0.1) is 5.82 Å². The molecule has 0 aliphatic rings. The number of furan rings is 1. The third-order valence-corrected chi connectivity index (χ3v) is 3.86. The van der Waals surface area contributed by atoms with E-state index < -0.39 is 0 Å². The lowest BCUT2D eigenvalue weighted by Crippen LogP contribution is -2.37. The first-order chi connectivity index (χ1) is 12.2. The van der Waals surface area contributed by atoms with Crippen LogP contribution in [0.3, 0.4) is 0 Å². The van der Waals surface area contributed by atoms with Crippen LogP contribution in [0.5, 0.6) is 0 Å². The second-order valence-electron chi connectivity index (χ2n) is 5.60. The van der Waals surface area contributed by atoms with Gasteiger partial charge in [-0.15, -0.1) is 0 Å². The van der Waals surface area contributed by atoms with E-state index in [1.165, 1.54) is 12.1 Å². The van der Waals surface area contributed by atoms with Crippen molar-refractivity contribution in [2.75, 3.05) is 13.7 Å². The molecule has 130 valence electrons. The van der Waals surface area contributed by atoms with Crippen LogP contribution in [-0.4, -0.2) is 19.7 Å². The maximum Gasteiger partial charge on any atom is 0.315 e. The Hall–Kier alpha value is -2.86. The molecule has 0 saturated carbocycles. The Morgan fingerprint density at radius 1 is 1.16 bits per heavy atom. The van der Waals surface area contributed by atoms with Crippen molar-refractivity contribution in [3.63, 3.8) is 0 Å². The van der Waals surface area contributed by atoms with Crippen LogP contribution < -0.4 is 10.6 Å². The highest BCUT2D eigenvalue weighted by Gasteiger charge is 2.16. The Morgan fingerprint density at radius 2 is 1.92 bits per heavy atom. The molecule has 1 atom stereocenters. The summed E-state index contributed by atoms with van der Waals surface area (Å²) in [6.07, 6.45) is -0.385. The highest BCUT2D eigenvalue weighted by molar-refractivity contribution is 5.78. The van der Waals surface area contributed by atoms with Gasteiger partial charge in [-0.1, -0.05) is 30.3 Å². The first kappa shape index (κ1) is 17.0. The van der Waals surface area contributed by atoms with Gasteiger partial charge in [0.15, 0.2) is 0 Å². The SMILES string of the molecule is COC(CNC(=O)NCc1ccc(F)cc1)c1cc2ccccc2o1. The molecule has 5 nitrogen and oxygen atoms in total. The summed E-state index contributed by atoms with van der Waals surface area (Å²) in [7, 11) is 1.57. The monoisotopic (exact) mass is 342 g/mol. The van der Waals surface area contributed by atoms with Crippen molar-refractivity contribution in [2.45, 2.75) is 12.6 Å². The Morgan fingerprint density at radius 3 is 2.64 bits per heavy atom. The summed E-state index contributed by atoms with van der Waals surface area (Å²) in [6, 6.07) is 15.2. The molecule has 0 saturated heterocycles. The van der Waals surface area contributed by atoms with Crippen LogP contribution >= 0.6 is 0 Å². The number of urea groups is 1. The molecule has 1 unspecified atom stereocenters. The number of halogens is 1. The van der Waals surface area contributed by atoms with Gasteiger partial charge in [0.25, 0.3) is 0 Å². The molecule has 25 heavy (non-hydrogen) atoms. The standard InChI is InChI=1S/C19H19FN2O3/c1-24-18(17-10-14-4-2-3-5-16(14)25-17)12-22-19(23)21-11-13-6-8-15(20)9-7-13/h2-10,18H,11-12H2,1H3,(H2,21,22,23). The molecular formula is C19H19FN2O3. The highest BCUT2D eigenvalue weighted by atomic mass is 19.1. The number of hydrogen-bond donors (Lipinski definition) is 2. The number of carbonyl (C=O) groups excluding carboxylic acids is 1. The van der Waals surface area contributed by atoms with Gasteiger partial charge < -0.3 is 19.8 Å². The van der Waals surface area contributed by atoms with Crippen LogP contribution in [0.2, 0.25) is 0 Å². The Kier molecular flexibility index (Phi) is 5.30. The van der Waals surface area contributed by atoms with Crippen LogP contribution in [0.4, 0.5) is 9.18 Å². The van der Waals surface area contributed by atoms with Gasteiger partial charge in [-0.25, -0.2) is 9.18 Å². The van der Waals surface area contributed by atoms with Gasteiger partial charge in [0.2, 0.25) is 0 Å². The number of para-hydroxylation sites is 1. The number of carbonyl (C=O) groups is 1. The summed E-state index contributed by atoms with van der Waals surface area (Å²) in [5, 5.41) is 6.45. The molecule has 6 heteroatoms. The number of benzene rings is 2. The molecule has 0 spiro atoms. The molecule has 0 fully saturated rings. The average molecular weight is 342 g/mol. The van der Waals surface area contributed by atoms with E-state index in [0.717, 1.165) is 16.5 Å². The largest absolute Gasteiger partial charge is 0.458 e. The highest BCUT2D eigenvalue weighted by Crippen LogP contribution is 2.25. The molecule has 0 aliphatic carbocycles. The summed E-state index contributed by atoms with van der Waals surface area (Å²) < 4.78 is 24.0. The fraction of sp³-hybridized carbons (Fsp3) is 0.211. The lowest BCUT2D eigenvalue weighted by molar-refractivity contribution is 0.0865. The van der Waals surface area contributed by atoms with Crippen molar-refractivity contribution in [2.24, 2.45) is 0 Å². The van der Waals surface area contributed by atoms with Gasteiger partial charge in [-0.2, -0.15) is 0 Å². The van der Waals surface area contributed by atoms with Crippen LogP contribution in [0.1, 0.15) is 17.4 Å². The van der Waals surface area contributed by atoms with Crippen LogP contribution in [-0.2, 0) is 11.3 Å². The lowest BCUT2D eigenvalue weighted by atomic mass is 10.2. The van der Waals surface area contributed by atoms with E-state index in [1.807, 2.05) is 30.3 Å². The Bertz CT molecular complexity index is 812. The van der Waals surface area contributed by atoms with Gasteiger partial charge in [0, 0.05) is 19.0 Å². The summed E-state index contributed by atoms with van der Waals surface area (Å²) >= 11 is 0. The smallest absolute Gasteiger partial charge is 0.315 e. The Balaban J connectivity index is 1.53. The molecular weight excluding hydrogens is 323 g/mol. The van der Waals surface area contributed by atoms with Gasteiger partial charge in [-0.3, -0.25) is 0 Å². The minimum atomic E-state index is -0.385. The summed E-state index contributed by atoms with van der Waals surface area (Å²) in [5.41, 5.74) is 1.59. The molecule has 3 rings (SSSR count). The lowest BCUT2D eigenvalue weighted by Gasteiger charge is -2.14. The molecule has 1 heterocycles. The van der Waals surface area contributed by atoms with E-state index in [0.29, 0.717) is 12.3 Å². The van der Waals surface area contributed by atoms with Crippen LogP contribution in [0.15, 0.2) is 59.0 Å². The summed E-state index contributed by atoms with van der Waals surface area (Å²) in [6.45, 7) is 0.583. The molecule has 2 aromatic carbocycles. The molecule has 0 bridgehead atoms. The minimum Gasteiger partial charge on any atom is -0.458 e. The molecule has 1 aromatic heterocycles. The number of nitrogens with one attached hydrogen (secondary N) is 2. The maximum atomic E-state index is 12.8. The molecule has 0 radical (unpaired) electrons. The van der Waals surface area contributed by atoms with Crippen molar-refractivity contribution < 1.29 is 18.3 Å². The molecule has 3 aromatic rings. The number of methoxy groups -OCH3 is 1. The topological polar surface area (TPSA) is 63.5 Å².